The van der Waals surface area contributed by atoms with E-state index < -0.39 is 30.2 Å². The molecule has 7 heteroatoms. The molecule has 6 nitrogen and oxygen atoms in total. The number of ketones is 1. The van der Waals surface area contributed by atoms with Crippen LogP contribution in [0.1, 0.15) is 29.8 Å². The lowest BCUT2D eigenvalue weighted by molar-refractivity contribution is -0.148. The highest BCUT2D eigenvalue weighted by molar-refractivity contribution is 6.00. The van der Waals surface area contributed by atoms with Gasteiger partial charge in [0, 0.05) is 0 Å². The standard InChI is InChI=1S/C22H24FNO5/c1-14(2)21(24-20(26)11-15-7-5-4-6-8-15)22(27)29-13-18(25)17-12-16(23)9-10-19(17)28-3/h4-10,12,14,21H,11,13H2,1-3H3,(H,24,26)/t21-/m0/s1. The van der Waals surface area contributed by atoms with Crippen molar-refractivity contribution in [1.29, 1.82) is 0 Å². The van der Waals surface area contributed by atoms with Crippen LogP contribution in [0, 0.1) is 11.7 Å². The average Bonchev–Trinajstić information content (AvgIpc) is 2.70. The minimum absolute atomic E-state index is 0.0190. The minimum atomic E-state index is -0.909. The van der Waals surface area contributed by atoms with E-state index >= 15 is 0 Å². The van der Waals surface area contributed by atoms with Crippen LogP contribution < -0.4 is 10.1 Å². The van der Waals surface area contributed by atoms with Gasteiger partial charge in [-0.15, -0.1) is 0 Å². The van der Waals surface area contributed by atoms with Crippen molar-refractivity contribution >= 4 is 17.7 Å². The number of carbonyl (C=O) groups excluding carboxylic acids is 3. The molecule has 0 bridgehead atoms. The third-order valence-electron chi connectivity index (χ3n) is 4.25. The van der Waals surface area contributed by atoms with Crippen molar-refractivity contribution in [3.05, 3.63) is 65.5 Å². The first-order chi connectivity index (χ1) is 13.8. The Morgan fingerprint density at radius 3 is 2.38 bits per heavy atom. The van der Waals surface area contributed by atoms with Crippen molar-refractivity contribution in [2.75, 3.05) is 13.7 Å². The van der Waals surface area contributed by atoms with Gasteiger partial charge in [-0.25, -0.2) is 9.18 Å². The molecular formula is C22H24FNO5. The largest absolute Gasteiger partial charge is 0.496 e. The molecule has 0 aromatic heterocycles. The van der Waals surface area contributed by atoms with Crippen LogP contribution in [0.15, 0.2) is 48.5 Å². The van der Waals surface area contributed by atoms with Crippen LogP contribution in [-0.4, -0.2) is 37.4 Å². The molecule has 0 saturated heterocycles. The lowest BCUT2D eigenvalue weighted by atomic mass is 10.0. The van der Waals surface area contributed by atoms with Crippen molar-refractivity contribution < 1.29 is 28.2 Å². The van der Waals surface area contributed by atoms with Gasteiger partial charge < -0.3 is 14.8 Å². The monoisotopic (exact) mass is 401 g/mol. The zero-order valence-corrected chi connectivity index (χ0v) is 16.6. The number of Topliss-reactive ketones (excluding diaryl/α,β-unsaturated/α-hetero) is 1. The molecular weight excluding hydrogens is 377 g/mol. The summed E-state index contributed by atoms with van der Waals surface area (Å²) in [5.74, 6) is -2.33. The summed E-state index contributed by atoms with van der Waals surface area (Å²) in [6.07, 6.45) is 0.122. The maximum atomic E-state index is 13.4. The Morgan fingerprint density at radius 1 is 1.07 bits per heavy atom. The Labute approximate surface area is 169 Å². The summed E-state index contributed by atoms with van der Waals surface area (Å²) in [6, 6.07) is 11.7. The van der Waals surface area contributed by atoms with Crippen molar-refractivity contribution in [1.82, 2.24) is 5.32 Å². The van der Waals surface area contributed by atoms with Gasteiger partial charge in [-0.05, 0) is 29.7 Å². The summed E-state index contributed by atoms with van der Waals surface area (Å²) in [6.45, 7) is 2.93. The van der Waals surface area contributed by atoms with E-state index in [0.29, 0.717) is 0 Å². The number of amides is 1. The predicted octanol–water partition coefficient (Wildman–Crippen LogP) is 2.94. The Hall–Kier alpha value is -3.22. The highest BCUT2D eigenvalue weighted by Crippen LogP contribution is 2.20. The molecule has 2 aromatic rings. The van der Waals surface area contributed by atoms with Crippen LogP contribution in [0.4, 0.5) is 4.39 Å². The molecule has 1 atom stereocenters. The second-order valence-electron chi connectivity index (χ2n) is 6.83. The number of methoxy groups -OCH3 is 1. The van der Waals surface area contributed by atoms with Crippen LogP contribution >= 0.6 is 0 Å². The Morgan fingerprint density at radius 2 is 1.76 bits per heavy atom. The van der Waals surface area contributed by atoms with Gasteiger partial charge in [0.05, 0.1) is 19.1 Å². The van der Waals surface area contributed by atoms with Crippen molar-refractivity contribution in [3.63, 3.8) is 0 Å². The van der Waals surface area contributed by atoms with Gasteiger partial charge in [0.15, 0.2) is 6.61 Å². The number of hydrogen-bond acceptors (Lipinski definition) is 5. The van der Waals surface area contributed by atoms with E-state index in [4.69, 9.17) is 9.47 Å². The molecule has 0 spiro atoms. The summed E-state index contributed by atoms with van der Waals surface area (Å²) in [5, 5.41) is 2.65. The van der Waals surface area contributed by atoms with E-state index in [1.165, 1.54) is 19.2 Å². The molecule has 154 valence electrons. The smallest absolute Gasteiger partial charge is 0.329 e. The number of esters is 1. The van der Waals surface area contributed by atoms with E-state index in [9.17, 15) is 18.8 Å². The average molecular weight is 401 g/mol. The molecule has 1 amide bonds. The molecule has 29 heavy (non-hydrogen) atoms. The second kappa shape index (κ2) is 10.4. The van der Waals surface area contributed by atoms with Gasteiger partial charge in [0.25, 0.3) is 0 Å². The quantitative estimate of drug-likeness (QED) is 0.516. The first-order valence-corrected chi connectivity index (χ1v) is 9.18. The summed E-state index contributed by atoms with van der Waals surface area (Å²) in [5.41, 5.74) is 0.795. The molecule has 2 aromatic carbocycles. The van der Waals surface area contributed by atoms with E-state index in [-0.39, 0.29) is 29.6 Å². The molecule has 1 N–H and O–H groups in total. The molecule has 0 saturated carbocycles. The van der Waals surface area contributed by atoms with Crippen LogP contribution in [0.25, 0.3) is 0 Å². The predicted molar refractivity (Wildman–Crippen MR) is 105 cm³/mol. The minimum Gasteiger partial charge on any atom is -0.496 e. The van der Waals surface area contributed by atoms with E-state index in [0.717, 1.165) is 11.6 Å². The van der Waals surface area contributed by atoms with Crippen LogP contribution in [-0.2, 0) is 20.7 Å². The maximum absolute atomic E-state index is 13.4. The number of halogens is 1. The molecule has 0 aliphatic heterocycles. The van der Waals surface area contributed by atoms with E-state index in [1.807, 2.05) is 30.3 Å². The number of rotatable bonds is 9. The number of hydrogen-bond donors (Lipinski definition) is 1. The Bertz CT molecular complexity index is 867. The summed E-state index contributed by atoms with van der Waals surface area (Å²) >= 11 is 0. The zero-order chi connectivity index (χ0) is 21.4. The molecule has 0 radical (unpaired) electrons. The van der Waals surface area contributed by atoms with Gasteiger partial charge in [-0.2, -0.15) is 0 Å². The fraction of sp³-hybridized carbons (Fsp3) is 0.318. The summed E-state index contributed by atoms with van der Waals surface area (Å²) in [4.78, 5) is 37.0. The number of benzene rings is 2. The SMILES string of the molecule is COc1ccc(F)cc1C(=O)COC(=O)[C@@H](NC(=O)Cc1ccccc1)C(C)C. The maximum Gasteiger partial charge on any atom is 0.329 e. The first-order valence-electron chi connectivity index (χ1n) is 9.18. The van der Waals surface area contributed by atoms with Crippen LogP contribution in [0.5, 0.6) is 5.75 Å². The highest BCUT2D eigenvalue weighted by Gasteiger charge is 2.27. The fourth-order valence-corrected chi connectivity index (χ4v) is 2.71. The summed E-state index contributed by atoms with van der Waals surface area (Å²) < 4.78 is 23.6. The number of carbonyl (C=O) groups is 3. The van der Waals surface area contributed by atoms with Crippen molar-refractivity contribution in [2.24, 2.45) is 5.92 Å². The topological polar surface area (TPSA) is 81.7 Å². The van der Waals surface area contributed by atoms with Gasteiger partial charge in [-0.3, -0.25) is 9.59 Å². The molecule has 0 aliphatic carbocycles. The summed E-state index contributed by atoms with van der Waals surface area (Å²) in [7, 11) is 1.35. The van der Waals surface area contributed by atoms with E-state index in [2.05, 4.69) is 5.32 Å². The zero-order valence-electron chi connectivity index (χ0n) is 16.6. The van der Waals surface area contributed by atoms with Crippen LogP contribution in [0.3, 0.4) is 0 Å². The fourth-order valence-electron chi connectivity index (χ4n) is 2.71. The normalized spacial score (nSPS) is 11.6. The highest BCUT2D eigenvalue weighted by atomic mass is 19.1. The van der Waals surface area contributed by atoms with E-state index in [1.54, 1.807) is 13.8 Å². The molecule has 0 aliphatic rings. The van der Waals surface area contributed by atoms with Gasteiger partial charge in [0.2, 0.25) is 11.7 Å². The third-order valence-corrected chi connectivity index (χ3v) is 4.25. The van der Waals surface area contributed by atoms with Crippen molar-refractivity contribution in [2.45, 2.75) is 26.3 Å². The lowest BCUT2D eigenvalue weighted by Gasteiger charge is -2.21. The second-order valence-corrected chi connectivity index (χ2v) is 6.83. The Kier molecular flexibility index (Phi) is 7.88. The van der Waals surface area contributed by atoms with Gasteiger partial charge in [-0.1, -0.05) is 44.2 Å². The van der Waals surface area contributed by atoms with Crippen molar-refractivity contribution in [3.8, 4) is 5.75 Å². The van der Waals surface area contributed by atoms with Gasteiger partial charge in [0.1, 0.15) is 17.6 Å². The number of nitrogens with one attached hydrogen (secondary N) is 1. The van der Waals surface area contributed by atoms with Crippen LogP contribution in [0.2, 0.25) is 0 Å². The Balaban J connectivity index is 1.98. The molecule has 2 rings (SSSR count). The molecule has 0 fully saturated rings. The molecule has 0 heterocycles. The van der Waals surface area contributed by atoms with Gasteiger partial charge >= 0.3 is 5.97 Å². The number of ether oxygens (including phenoxy) is 2. The molecule has 0 unspecified atom stereocenters. The first kappa shape index (κ1) is 22.1. The lowest BCUT2D eigenvalue weighted by Crippen LogP contribution is -2.46. The third kappa shape index (κ3) is 6.41.